The Morgan fingerprint density at radius 3 is 2.75 bits per heavy atom. The molecule has 2 amide bonds. The molecule has 28 heavy (non-hydrogen) atoms. The van der Waals surface area contributed by atoms with E-state index in [0.717, 1.165) is 28.1 Å². The molecular formula is C21H20N4O3. The van der Waals surface area contributed by atoms with Gasteiger partial charge < -0.3 is 15.4 Å². The molecule has 3 N–H and O–H groups in total. The third-order valence-corrected chi connectivity index (χ3v) is 4.85. The smallest absolute Gasteiger partial charge is 0.252 e. The van der Waals surface area contributed by atoms with Crippen LogP contribution >= 0.6 is 0 Å². The van der Waals surface area contributed by atoms with Crippen LogP contribution < -0.4 is 15.4 Å². The van der Waals surface area contributed by atoms with Crippen molar-refractivity contribution >= 4 is 11.8 Å². The first-order valence-electron chi connectivity index (χ1n) is 8.99. The van der Waals surface area contributed by atoms with Crippen LogP contribution in [0.5, 0.6) is 5.75 Å². The molecule has 142 valence electrons. The van der Waals surface area contributed by atoms with Crippen LogP contribution in [0.2, 0.25) is 0 Å². The van der Waals surface area contributed by atoms with Crippen LogP contribution in [0, 0.1) is 0 Å². The molecular weight excluding hydrogens is 356 g/mol. The van der Waals surface area contributed by atoms with Gasteiger partial charge in [0.1, 0.15) is 5.75 Å². The number of benzene rings is 2. The minimum Gasteiger partial charge on any atom is -0.497 e. The molecule has 1 atom stereocenters. The second kappa shape index (κ2) is 7.56. The number of aromatic amines is 1. The maximum Gasteiger partial charge on any atom is 0.252 e. The maximum absolute atomic E-state index is 12.4. The number of methoxy groups -OCH3 is 1. The van der Waals surface area contributed by atoms with Crippen LogP contribution in [0.1, 0.15) is 33.9 Å². The predicted molar refractivity (Wildman–Crippen MR) is 104 cm³/mol. The summed E-state index contributed by atoms with van der Waals surface area (Å²) < 4.78 is 5.18. The van der Waals surface area contributed by atoms with E-state index in [0.29, 0.717) is 12.1 Å². The van der Waals surface area contributed by atoms with E-state index in [1.165, 1.54) is 0 Å². The van der Waals surface area contributed by atoms with Gasteiger partial charge in [-0.1, -0.05) is 18.2 Å². The van der Waals surface area contributed by atoms with E-state index in [9.17, 15) is 9.59 Å². The van der Waals surface area contributed by atoms with E-state index < -0.39 is 0 Å². The summed E-state index contributed by atoms with van der Waals surface area (Å²) in [6.45, 7) is 0.346. The van der Waals surface area contributed by atoms with Crippen molar-refractivity contribution in [3.63, 3.8) is 0 Å². The van der Waals surface area contributed by atoms with Crippen LogP contribution in [0.25, 0.3) is 11.3 Å². The van der Waals surface area contributed by atoms with Crippen molar-refractivity contribution in [2.45, 2.75) is 19.0 Å². The minimum atomic E-state index is -0.297. The third kappa shape index (κ3) is 3.46. The van der Waals surface area contributed by atoms with Gasteiger partial charge in [-0.2, -0.15) is 5.10 Å². The van der Waals surface area contributed by atoms with Gasteiger partial charge in [-0.3, -0.25) is 14.7 Å². The van der Waals surface area contributed by atoms with E-state index in [2.05, 4.69) is 20.8 Å². The van der Waals surface area contributed by atoms with Gasteiger partial charge in [0.2, 0.25) is 5.91 Å². The van der Waals surface area contributed by atoms with Gasteiger partial charge >= 0.3 is 0 Å². The summed E-state index contributed by atoms with van der Waals surface area (Å²) in [4.78, 5) is 24.4. The van der Waals surface area contributed by atoms with E-state index >= 15 is 0 Å². The molecule has 7 heteroatoms. The van der Waals surface area contributed by atoms with Crippen LogP contribution in [-0.2, 0) is 11.3 Å². The fraction of sp³-hybridized carbons (Fsp3) is 0.190. The third-order valence-electron chi connectivity index (χ3n) is 4.85. The summed E-state index contributed by atoms with van der Waals surface area (Å²) in [5, 5.41) is 12.9. The number of hydrogen-bond acceptors (Lipinski definition) is 4. The van der Waals surface area contributed by atoms with Crippen LogP contribution in [-0.4, -0.2) is 29.1 Å². The summed E-state index contributed by atoms with van der Waals surface area (Å²) in [5.41, 5.74) is 4.19. The molecule has 3 aromatic rings. The lowest BCUT2D eigenvalue weighted by Crippen LogP contribution is -2.28. The Hall–Kier alpha value is -3.61. The first kappa shape index (κ1) is 17.8. The normalized spacial score (nSPS) is 15.0. The number of carbonyl (C=O) groups is 2. The first-order valence-corrected chi connectivity index (χ1v) is 8.99. The van der Waals surface area contributed by atoms with Gasteiger partial charge in [-0.15, -0.1) is 0 Å². The Kier molecular flexibility index (Phi) is 4.80. The molecule has 0 saturated heterocycles. The molecule has 0 aliphatic carbocycles. The molecule has 1 aromatic heterocycles. The number of nitrogens with one attached hydrogen (secondary N) is 3. The Bertz CT molecular complexity index is 1010. The van der Waals surface area contributed by atoms with E-state index in [-0.39, 0.29) is 24.3 Å². The molecule has 0 fully saturated rings. The summed E-state index contributed by atoms with van der Waals surface area (Å²) in [6, 6.07) is 14.7. The Morgan fingerprint density at radius 1 is 1.18 bits per heavy atom. The lowest BCUT2D eigenvalue weighted by atomic mass is 10.0. The van der Waals surface area contributed by atoms with Crippen LogP contribution in [0.3, 0.4) is 0 Å². The van der Waals surface area contributed by atoms with Crippen molar-refractivity contribution in [3.8, 4) is 17.0 Å². The first-order chi connectivity index (χ1) is 13.7. The number of nitrogens with zero attached hydrogens (tertiary/aromatic N) is 1. The molecule has 0 radical (unpaired) electrons. The minimum absolute atomic E-state index is 0.134. The summed E-state index contributed by atoms with van der Waals surface area (Å²) in [5.74, 6) is 0.505. The Balaban J connectivity index is 1.40. The molecule has 4 rings (SSSR count). The van der Waals surface area contributed by atoms with Crippen LogP contribution in [0.15, 0.2) is 54.7 Å². The number of H-pyrrole nitrogens is 1. The number of aromatic nitrogens is 2. The molecule has 7 nitrogen and oxygen atoms in total. The number of rotatable bonds is 6. The number of amides is 2. The highest BCUT2D eigenvalue weighted by molar-refractivity contribution is 5.99. The van der Waals surface area contributed by atoms with Gasteiger partial charge in [0.25, 0.3) is 5.91 Å². The SMILES string of the molecule is COc1ccc(-c2[nH]ncc2CNC(=O)C[C@@H]2NC(=O)c3ccccc32)cc1. The second-order valence-corrected chi connectivity index (χ2v) is 6.59. The van der Waals surface area contributed by atoms with Crippen molar-refractivity contribution in [2.24, 2.45) is 0 Å². The zero-order valence-electron chi connectivity index (χ0n) is 15.4. The fourth-order valence-electron chi connectivity index (χ4n) is 3.39. The van der Waals surface area contributed by atoms with Gasteiger partial charge in [-0.25, -0.2) is 0 Å². The molecule has 0 saturated carbocycles. The summed E-state index contributed by atoms with van der Waals surface area (Å²) >= 11 is 0. The standard InChI is InChI=1S/C21H20N4O3/c1-28-15-8-6-13(7-9-15)20-14(12-23-25-20)11-22-19(26)10-18-16-4-2-3-5-17(16)21(27)24-18/h2-9,12,18H,10-11H2,1H3,(H,22,26)(H,23,25)(H,24,27)/t18-/m0/s1. The van der Waals surface area contributed by atoms with Gasteiger partial charge in [0, 0.05) is 23.2 Å². The van der Waals surface area contributed by atoms with Crippen molar-refractivity contribution in [1.82, 2.24) is 20.8 Å². The highest BCUT2D eigenvalue weighted by Crippen LogP contribution is 2.27. The number of hydrogen-bond donors (Lipinski definition) is 3. The topological polar surface area (TPSA) is 96.1 Å². The average Bonchev–Trinajstić information content (AvgIpc) is 3.32. The monoisotopic (exact) mass is 376 g/mol. The van der Waals surface area contributed by atoms with E-state index in [4.69, 9.17) is 4.74 Å². The van der Waals surface area contributed by atoms with Crippen molar-refractivity contribution in [3.05, 3.63) is 71.4 Å². The highest BCUT2D eigenvalue weighted by atomic mass is 16.5. The van der Waals surface area contributed by atoms with Gasteiger partial charge in [-0.05, 0) is 35.9 Å². The quantitative estimate of drug-likeness (QED) is 0.616. The fourth-order valence-corrected chi connectivity index (χ4v) is 3.39. The molecule has 2 aromatic carbocycles. The lowest BCUT2D eigenvalue weighted by Gasteiger charge is -2.12. The van der Waals surface area contributed by atoms with Crippen LogP contribution in [0.4, 0.5) is 0 Å². The lowest BCUT2D eigenvalue weighted by molar-refractivity contribution is -0.121. The zero-order valence-corrected chi connectivity index (χ0v) is 15.4. The average molecular weight is 376 g/mol. The second-order valence-electron chi connectivity index (χ2n) is 6.59. The largest absolute Gasteiger partial charge is 0.497 e. The number of fused-ring (bicyclic) bond motifs is 1. The molecule has 0 unspecified atom stereocenters. The maximum atomic E-state index is 12.4. The number of carbonyl (C=O) groups excluding carboxylic acids is 2. The number of ether oxygens (including phenoxy) is 1. The van der Waals surface area contributed by atoms with Crippen molar-refractivity contribution in [2.75, 3.05) is 7.11 Å². The Labute approximate surface area is 162 Å². The van der Waals surface area contributed by atoms with Crippen molar-refractivity contribution < 1.29 is 14.3 Å². The van der Waals surface area contributed by atoms with Crippen molar-refractivity contribution in [1.29, 1.82) is 0 Å². The van der Waals surface area contributed by atoms with Gasteiger partial charge in [0.05, 0.1) is 31.5 Å². The van der Waals surface area contributed by atoms with E-state index in [1.54, 1.807) is 19.4 Å². The molecule has 1 aliphatic rings. The highest BCUT2D eigenvalue weighted by Gasteiger charge is 2.29. The predicted octanol–water partition coefficient (Wildman–Crippen LogP) is 2.58. The molecule has 1 aliphatic heterocycles. The molecule has 0 spiro atoms. The van der Waals surface area contributed by atoms with E-state index in [1.807, 2.05) is 42.5 Å². The molecule has 2 heterocycles. The van der Waals surface area contributed by atoms with Gasteiger partial charge in [0.15, 0.2) is 0 Å². The Morgan fingerprint density at radius 2 is 1.96 bits per heavy atom. The summed E-state index contributed by atoms with van der Waals surface area (Å²) in [7, 11) is 1.62. The zero-order chi connectivity index (χ0) is 19.5. The summed E-state index contributed by atoms with van der Waals surface area (Å²) in [6.07, 6.45) is 1.89. The molecule has 0 bridgehead atoms.